The average Bonchev–Trinajstić information content (AvgIpc) is 2.38. The highest BCUT2D eigenvalue weighted by molar-refractivity contribution is 5.84. The van der Waals surface area contributed by atoms with E-state index in [0.29, 0.717) is 12.5 Å². The van der Waals surface area contributed by atoms with Crippen LogP contribution in [0.15, 0.2) is 36.5 Å². The molecule has 0 N–H and O–H groups in total. The third-order valence-electron chi connectivity index (χ3n) is 2.48. The van der Waals surface area contributed by atoms with Crippen molar-refractivity contribution in [2.75, 3.05) is 6.61 Å². The van der Waals surface area contributed by atoms with Gasteiger partial charge in [0.2, 0.25) is 0 Å². The minimum absolute atomic E-state index is 0.423. The Bertz CT molecular complexity index is 573. The highest BCUT2D eigenvalue weighted by Gasteiger charge is 2.00. The first-order valence-corrected chi connectivity index (χ1v) is 6.22. The molecule has 2 rings (SSSR count). The molecule has 1 heterocycles. The molecule has 2 heteroatoms. The lowest BCUT2D eigenvalue weighted by Crippen LogP contribution is -1.97. The second-order valence-electron chi connectivity index (χ2n) is 4.40. The molecule has 0 fully saturated rings. The Morgan fingerprint density at radius 1 is 1.22 bits per heavy atom. The van der Waals surface area contributed by atoms with Crippen molar-refractivity contribution in [3.63, 3.8) is 0 Å². The van der Waals surface area contributed by atoms with E-state index in [1.165, 1.54) is 0 Å². The summed E-state index contributed by atoms with van der Waals surface area (Å²) < 4.78 is 5.76. The van der Waals surface area contributed by atoms with Crippen molar-refractivity contribution < 1.29 is 4.74 Å². The molecule has 92 valence electrons. The molecular weight excluding hydrogens is 222 g/mol. The quantitative estimate of drug-likeness (QED) is 0.602. The topological polar surface area (TPSA) is 22.1 Å². The van der Waals surface area contributed by atoms with Crippen LogP contribution in [-0.4, -0.2) is 11.6 Å². The number of nitrogens with zero attached hydrogens (tertiary/aromatic N) is 1. The van der Waals surface area contributed by atoms with Crippen molar-refractivity contribution in [2.45, 2.75) is 20.3 Å². The van der Waals surface area contributed by atoms with Crippen LogP contribution in [0.5, 0.6) is 5.75 Å². The van der Waals surface area contributed by atoms with Gasteiger partial charge in [0.15, 0.2) is 0 Å². The SMILES string of the molecule is CC(C)C#CCCOc1cccc2ncccc12. The molecule has 2 nitrogen and oxygen atoms in total. The van der Waals surface area contributed by atoms with Crippen LogP contribution >= 0.6 is 0 Å². The van der Waals surface area contributed by atoms with Crippen LogP contribution in [-0.2, 0) is 0 Å². The van der Waals surface area contributed by atoms with Gasteiger partial charge in [-0.15, -0.1) is 5.92 Å². The Morgan fingerprint density at radius 2 is 2.11 bits per heavy atom. The van der Waals surface area contributed by atoms with Crippen molar-refractivity contribution in [1.82, 2.24) is 4.98 Å². The minimum atomic E-state index is 0.423. The minimum Gasteiger partial charge on any atom is -0.492 e. The zero-order valence-corrected chi connectivity index (χ0v) is 10.8. The van der Waals surface area contributed by atoms with Crippen LogP contribution in [0.25, 0.3) is 10.9 Å². The van der Waals surface area contributed by atoms with Gasteiger partial charge < -0.3 is 4.74 Å². The number of aromatic nitrogens is 1. The van der Waals surface area contributed by atoms with Crippen LogP contribution in [0.3, 0.4) is 0 Å². The fraction of sp³-hybridized carbons (Fsp3) is 0.312. The lowest BCUT2D eigenvalue weighted by molar-refractivity contribution is 0.331. The molecule has 0 atom stereocenters. The van der Waals surface area contributed by atoms with E-state index < -0.39 is 0 Å². The highest BCUT2D eigenvalue weighted by Crippen LogP contribution is 2.23. The summed E-state index contributed by atoms with van der Waals surface area (Å²) in [6, 6.07) is 9.87. The maximum absolute atomic E-state index is 5.76. The summed E-state index contributed by atoms with van der Waals surface area (Å²) in [4.78, 5) is 4.30. The van der Waals surface area contributed by atoms with E-state index in [0.717, 1.165) is 23.1 Å². The summed E-state index contributed by atoms with van der Waals surface area (Å²) in [6.45, 7) is 4.79. The Hall–Kier alpha value is -2.01. The van der Waals surface area contributed by atoms with Gasteiger partial charge in [0.05, 0.1) is 12.1 Å². The maximum atomic E-state index is 5.76. The molecule has 0 aliphatic rings. The molecule has 2 aromatic rings. The van der Waals surface area contributed by atoms with E-state index in [9.17, 15) is 0 Å². The first-order valence-electron chi connectivity index (χ1n) is 6.22. The first kappa shape index (κ1) is 12.4. The van der Waals surface area contributed by atoms with Crippen molar-refractivity contribution in [3.05, 3.63) is 36.5 Å². The van der Waals surface area contributed by atoms with Crippen molar-refractivity contribution in [2.24, 2.45) is 5.92 Å². The Kier molecular flexibility index (Phi) is 4.20. The summed E-state index contributed by atoms with van der Waals surface area (Å²) in [5, 5.41) is 1.05. The second kappa shape index (κ2) is 6.07. The second-order valence-corrected chi connectivity index (χ2v) is 4.40. The van der Waals surface area contributed by atoms with Crippen molar-refractivity contribution >= 4 is 10.9 Å². The summed E-state index contributed by atoms with van der Waals surface area (Å²) in [7, 11) is 0. The predicted octanol–water partition coefficient (Wildman–Crippen LogP) is 3.66. The third kappa shape index (κ3) is 3.24. The number of ether oxygens (including phenoxy) is 1. The number of rotatable bonds is 3. The molecule has 18 heavy (non-hydrogen) atoms. The number of benzene rings is 1. The van der Waals surface area contributed by atoms with Crippen molar-refractivity contribution in [1.29, 1.82) is 0 Å². The number of pyridine rings is 1. The van der Waals surface area contributed by atoms with Crippen LogP contribution < -0.4 is 4.74 Å². The lowest BCUT2D eigenvalue weighted by atomic mass is 10.2. The van der Waals surface area contributed by atoms with Crippen LogP contribution in [0.1, 0.15) is 20.3 Å². The molecule has 0 unspecified atom stereocenters. The third-order valence-corrected chi connectivity index (χ3v) is 2.48. The van der Waals surface area contributed by atoms with E-state index >= 15 is 0 Å². The molecule has 1 aromatic heterocycles. The highest BCUT2D eigenvalue weighted by atomic mass is 16.5. The van der Waals surface area contributed by atoms with Gasteiger partial charge in [-0.2, -0.15) is 0 Å². The van der Waals surface area contributed by atoms with E-state index in [1.807, 2.05) is 30.3 Å². The normalized spacial score (nSPS) is 10.2. The molecule has 0 bridgehead atoms. The predicted molar refractivity (Wildman–Crippen MR) is 74.5 cm³/mol. The van der Waals surface area contributed by atoms with Crippen LogP contribution in [0, 0.1) is 17.8 Å². The summed E-state index contributed by atoms with van der Waals surface area (Å²) in [5.74, 6) is 7.54. The molecule has 0 aliphatic heterocycles. The molecule has 0 saturated heterocycles. The van der Waals surface area contributed by atoms with Crippen LogP contribution in [0.2, 0.25) is 0 Å². The Balaban J connectivity index is 2.02. The van der Waals surface area contributed by atoms with Gasteiger partial charge in [0, 0.05) is 23.9 Å². The fourth-order valence-corrected chi connectivity index (χ4v) is 1.69. The largest absolute Gasteiger partial charge is 0.492 e. The van der Waals surface area contributed by atoms with Crippen molar-refractivity contribution in [3.8, 4) is 17.6 Å². The number of hydrogen-bond acceptors (Lipinski definition) is 2. The molecule has 0 saturated carbocycles. The van der Waals surface area contributed by atoms with Gasteiger partial charge in [-0.25, -0.2) is 0 Å². The maximum Gasteiger partial charge on any atom is 0.128 e. The first-order chi connectivity index (χ1) is 8.77. The molecular formula is C16H17NO. The Labute approximate surface area is 108 Å². The average molecular weight is 239 g/mol. The summed E-state index contributed by atoms with van der Waals surface area (Å²) >= 11 is 0. The zero-order valence-electron chi connectivity index (χ0n) is 10.8. The van der Waals surface area contributed by atoms with E-state index in [4.69, 9.17) is 4.74 Å². The van der Waals surface area contributed by atoms with E-state index in [-0.39, 0.29) is 0 Å². The van der Waals surface area contributed by atoms with Crippen LogP contribution in [0.4, 0.5) is 0 Å². The number of hydrogen-bond donors (Lipinski definition) is 0. The van der Waals surface area contributed by atoms with Gasteiger partial charge in [-0.05, 0) is 24.3 Å². The molecule has 0 aliphatic carbocycles. The van der Waals surface area contributed by atoms with E-state index in [1.54, 1.807) is 6.20 Å². The molecule has 1 aromatic carbocycles. The summed E-state index contributed by atoms with van der Waals surface area (Å²) in [6.07, 6.45) is 2.55. The van der Waals surface area contributed by atoms with E-state index in [2.05, 4.69) is 30.7 Å². The fourth-order valence-electron chi connectivity index (χ4n) is 1.69. The van der Waals surface area contributed by atoms with Gasteiger partial charge in [0.25, 0.3) is 0 Å². The Morgan fingerprint density at radius 3 is 2.94 bits per heavy atom. The molecule has 0 amide bonds. The van der Waals surface area contributed by atoms with Gasteiger partial charge in [-0.3, -0.25) is 4.98 Å². The van der Waals surface area contributed by atoms with Gasteiger partial charge in [-0.1, -0.05) is 25.8 Å². The standard InChI is InChI=1S/C16H17NO/c1-13(2)7-3-4-12-18-16-10-5-9-15-14(16)8-6-11-17-15/h5-6,8-11,13H,4,12H2,1-2H3. The monoisotopic (exact) mass is 239 g/mol. The van der Waals surface area contributed by atoms with Gasteiger partial charge in [0.1, 0.15) is 5.75 Å². The zero-order chi connectivity index (χ0) is 12.8. The number of fused-ring (bicyclic) bond motifs is 1. The lowest BCUT2D eigenvalue weighted by Gasteiger charge is -2.06. The molecule has 0 spiro atoms. The molecule has 0 radical (unpaired) electrons. The van der Waals surface area contributed by atoms with Gasteiger partial charge >= 0.3 is 0 Å². The smallest absolute Gasteiger partial charge is 0.128 e. The summed E-state index contributed by atoms with van der Waals surface area (Å²) in [5.41, 5.74) is 0.961.